The van der Waals surface area contributed by atoms with Crippen molar-refractivity contribution in [1.29, 1.82) is 0 Å². The first-order valence-corrected chi connectivity index (χ1v) is 12.6. The van der Waals surface area contributed by atoms with Crippen molar-refractivity contribution in [3.8, 4) is 0 Å². The third-order valence-electron chi connectivity index (χ3n) is 2.95. The Morgan fingerprint density at radius 1 is 0.567 bits per heavy atom. The van der Waals surface area contributed by atoms with Gasteiger partial charge in [-0.2, -0.15) is 0 Å². The van der Waals surface area contributed by atoms with Crippen LogP contribution in [0.2, 0.25) is 0 Å². The van der Waals surface area contributed by atoms with Gasteiger partial charge in [-0.25, -0.2) is 18.7 Å². The molecular weight excluding hydrogens is 446 g/mol. The van der Waals surface area contributed by atoms with Gasteiger partial charge in [0.25, 0.3) is 0 Å². The zero-order chi connectivity index (χ0) is 23.2. The van der Waals surface area contributed by atoms with E-state index < -0.39 is 39.8 Å². The van der Waals surface area contributed by atoms with E-state index in [4.69, 9.17) is 36.6 Å². The van der Waals surface area contributed by atoms with E-state index in [1.165, 1.54) is 41.5 Å². The van der Waals surface area contributed by atoms with Crippen LogP contribution in [0.4, 0.5) is 0 Å². The summed E-state index contributed by atoms with van der Waals surface area (Å²) in [5.74, 6) is -2.29. The van der Waals surface area contributed by atoms with Gasteiger partial charge >= 0.3 is 27.6 Å². The van der Waals surface area contributed by atoms with Crippen molar-refractivity contribution in [2.75, 3.05) is 39.6 Å². The molecule has 0 aromatic carbocycles. The van der Waals surface area contributed by atoms with E-state index >= 15 is 0 Å². The molecule has 12 nitrogen and oxygen atoms in total. The second-order valence-corrected chi connectivity index (χ2v) is 8.36. The normalized spacial score (nSPS) is 14.2. The summed E-state index contributed by atoms with van der Waals surface area (Å²) < 4.78 is 65.9. The van der Waals surface area contributed by atoms with Gasteiger partial charge in [0.2, 0.25) is 12.2 Å². The number of hydrogen-bond donors (Lipinski definition) is 0. The lowest BCUT2D eigenvalue weighted by Crippen LogP contribution is -2.45. The molecule has 0 fully saturated rings. The first-order chi connectivity index (χ1) is 14.2. The fourth-order valence-corrected chi connectivity index (χ4v) is 4.61. The summed E-state index contributed by atoms with van der Waals surface area (Å²) in [5, 5.41) is 0. The van der Waals surface area contributed by atoms with Gasteiger partial charge in [0.15, 0.2) is 0 Å². The Bertz CT molecular complexity index is 539. The summed E-state index contributed by atoms with van der Waals surface area (Å²) in [5.41, 5.74) is 0. The lowest BCUT2D eigenvalue weighted by molar-refractivity contribution is -0.171. The van der Waals surface area contributed by atoms with Crippen LogP contribution in [0.3, 0.4) is 0 Å². The van der Waals surface area contributed by atoms with Crippen molar-refractivity contribution in [3.05, 3.63) is 0 Å². The molecule has 2 unspecified atom stereocenters. The molecule has 0 aromatic rings. The van der Waals surface area contributed by atoms with Gasteiger partial charge in [-0.05, 0) is 41.5 Å². The molecule has 0 amide bonds. The van der Waals surface area contributed by atoms with Crippen LogP contribution >= 0.6 is 15.6 Å². The summed E-state index contributed by atoms with van der Waals surface area (Å²) in [4.78, 5) is 25.1. The maximum atomic E-state index is 12.8. The van der Waals surface area contributed by atoms with Gasteiger partial charge in [0.05, 0.1) is 39.6 Å². The monoisotopic (exact) mass is 478 g/mol. The maximum absolute atomic E-state index is 12.8. The van der Waals surface area contributed by atoms with E-state index in [-0.39, 0.29) is 39.6 Å². The van der Waals surface area contributed by atoms with Crippen molar-refractivity contribution in [1.82, 2.24) is 0 Å². The van der Waals surface area contributed by atoms with Crippen LogP contribution in [0.15, 0.2) is 0 Å². The average molecular weight is 478 g/mol. The number of rotatable bonds is 17. The average Bonchev–Trinajstić information content (AvgIpc) is 2.66. The summed E-state index contributed by atoms with van der Waals surface area (Å²) >= 11 is 0. The van der Waals surface area contributed by atoms with Gasteiger partial charge in [-0.15, -0.1) is 0 Å². The van der Waals surface area contributed by atoms with E-state index in [1.807, 2.05) is 0 Å². The Balaban J connectivity index is 6.19. The minimum absolute atomic E-state index is 0.0891. The first-order valence-electron chi connectivity index (χ1n) is 9.63. The van der Waals surface area contributed by atoms with Gasteiger partial charge in [-0.3, -0.25) is 27.1 Å². The first kappa shape index (κ1) is 29.2. The van der Waals surface area contributed by atoms with Crippen molar-refractivity contribution >= 4 is 27.6 Å². The van der Waals surface area contributed by atoms with E-state index in [1.54, 1.807) is 0 Å². The Hall–Kier alpha value is -0.840. The van der Waals surface area contributed by atoms with Crippen molar-refractivity contribution in [2.24, 2.45) is 0 Å². The van der Waals surface area contributed by atoms with E-state index in [0.717, 1.165) is 0 Å². The maximum Gasteiger partial charge on any atom is 0.475 e. The number of esters is 2. The van der Waals surface area contributed by atoms with Gasteiger partial charge in [0.1, 0.15) is 0 Å². The number of carbonyl (C=O) groups excluding carboxylic acids is 2. The molecule has 0 heterocycles. The summed E-state index contributed by atoms with van der Waals surface area (Å²) in [7, 11) is -8.64. The van der Waals surface area contributed by atoms with Gasteiger partial charge in [-0.1, -0.05) is 0 Å². The standard InChI is InChI=1S/C16H32O12P2/c1-7-21-15(17)13(27-29(19,23-9-3)24-10-4)14(16(18)22-8-2)28-30(20,25-11-5)26-12-6/h13-14H,7-12H2,1-6H3. The molecule has 0 aliphatic carbocycles. The van der Waals surface area contributed by atoms with Crippen molar-refractivity contribution in [2.45, 2.75) is 53.8 Å². The fourth-order valence-electron chi connectivity index (χ4n) is 2.00. The molecule has 0 saturated heterocycles. The van der Waals surface area contributed by atoms with Gasteiger partial charge in [0, 0.05) is 0 Å². The number of hydrogen-bond acceptors (Lipinski definition) is 12. The molecule has 0 aromatic heterocycles. The molecule has 178 valence electrons. The van der Waals surface area contributed by atoms with Crippen molar-refractivity contribution < 1.29 is 55.3 Å². The number of phosphoric ester groups is 2. The highest BCUT2D eigenvalue weighted by atomic mass is 31.2. The highest BCUT2D eigenvalue weighted by molar-refractivity contribution is 7.49. The molecule has 0 aliphatic rings. The largest absolute Gasteiger partial charge is 0.475 e. The topological polar surface area (TPSA) is 142 Å². The zero-order valence-corrected chi connectivity index (χ0v) is 20.0. The Morgan fingerprint density at radius 3 is 1.03 bits per heavy atom. The Labute approximate surface area is 177 Å². The molecule has 14 heteroatoms. The van der Waals surface area contributed by atoms with Crippen LogP contribution in [0, 0.1) is 0 Å². The van der Waals surface area contributed by atoms with Crippen LogP contribution in [0.25, 0.3) is 0 Å². The van der Waals surface area contributed by atoms with Crippen LogP contribution in [-0.2, 0) is 55.3 Å². The van der Waals surface area contributed by atoms with Crippen LogP contribution in [0.1, 0.15) is 41.5 Å². The molecule has 0 aliphatic heterocycles. The predicted octanol–water partition coefficient (Wildman–Crippen LogP) is 3.25. The third-order valence-corrected chi connectivity index (χ3v) is 6.22. The lowest BCUT2D eigenvalue weighted by Gasteiger charge is -2.28. The second-order valence-electron chi connectivity index (χ2n) is 5.12. The van der Waals surface area contributed by atoms with Crippen LogP contribution in [-0.4, -0.2) is 63.8 Å². The smallest absolute Gasteiger partial charge is 0.464 e. The molecule has 0 rings (SSSR count). The Kier molecular flexibility index (Phi) is 14.6. The van der Waals surface area contributed by atoms with Crippen molar-refractivity contribution in [3.63, 3.8) is 0 Å². The number of ether oxygens (including phenoxy) is 2. The highest BCUT2D eigenvalue weighted by Gasteiger charge is 2.48. The molecule has 2 atom stereocenters. The van der Waals surface area contributed by atoms with Crippen LogP contribution in [0.5, 0.6) is 0 Å². The lowest BCUT2D eigenvalue weighted by atomic mass is 10.2. The van der Waals surface area contributed by atoms with E-state index in [0.29, 0.717) is 0 Å². The highest BCUT2D eigenvalue weighted by Crippen LogP contribution is 2.54. The Morgan fingerprint density at radius 2 is 0.833 bits per heavy atom. The fraction of sp³-hybridized carbons (Fsp3) is 0.875. The third kappa shape index (κ3) is 9.98. The van der Waals surface area contributed by atoms with E-state index in [2.05, 4.69) is 0 Å². The summed E-state index contributed by atoms with van der Waals surface area (Å²) in [6.07, 6.45) is -4.02. The minimum atomic E-state index is -4.32. The molecule has 0 bridgehead atoms. The molecule has 0 spiro atoms. The number of carbonyl (C=O) groups is 2. The quantitative estimate of drug-likeness (QED) is 0.224. The second kappa shape index (κ2) is 15.0. The molecular formula is C16H32O12P2. The van der Waals surface area contributed by atoms with Gasteiger partial charge < -0.3 is 9.47 Å². The molecule has 0 radical (unpaired) electrons. The minimum Gasteiger partial charge on any atom is -0.464 e. The number of phosphoric acid groups is 2. The van der Waals surface area contributed by atoms with Crippen LogP contribution < -0.4 is 0 Å². The molecule has 30 heavy (non-hydrogen) atoms. The predicted molar refractivity (Wildman–Crippen MR) is 105 cm³/mol. The molecule has 0 N–H and O–H groups in total. The summed E-state index contributed by atoms with van der Waals surface area (Å²) in [6, 6.07) is 0. The SMILES string of the molecule is CCOC(=O)C(OP(=O)(OCC)OCC)C(OP(=O)(OCC)OCC)C(=O)OCC. The zero-order valence-electron chi connectivity index (χ0n) is 18.2. The molecule has 0 saturated carbocycles. The summed E-state index contributed by atoms with van der Waals surface area (Å²) in [6.45, 7) is 8.53. The van der Waals surface area contributed by atoms with E-state index in [9.17, 15) is 18.7 Å².